The fraction of sp³-hybridized carbons (Fsp3) is 0.632. The van der Waals surface area contributed by atoms with Crippen LogP contribution in [0.15, 0.2) is 24.3 Å². The molecular weight excluding hydrogens is 290 g/mol. The van der Waals surface area contributed by atoms with Crippen molar-refractivity contribution in [3.63, 3.8) is 0 Å². The lowest BCUT2D eigenvalue weighted by molar-refractivity contribution is -0.140. The summed E-state index contributed by atoms with van der Waals surface area (Å²) in [7, 11) is 1.42. The van der Waals surface area contributed by atoms with Crippen LogP contribution in [-0.2, 0) is 16.0 Å². The van der Waals surface area contributed by atoms with E-state index in [9.17, 15) is 9.90 Å². The number of rotatable bonds is 7. The Hall–Kier alpha value is -1.39. The van der Waals surface area contributed by atoms with Crippen molar-refractivity contribution >= 4 is 5.97 Å². The normalized spacial score (nSPS) is 22.6. The Morgan fingerprint density at radius 1 is 1.26 bits per heavy atom. The number of nitrogens with two attached hydrogens (primary N) is 1. The Labute approximate surface area is 139 Å². The molecule has 4 nitrogen and oxygen atoms in total. The number of ether oxygens (including phenoxy) is 1. The molecule has 0 aliphatic heterocycles. The fourth-order valence-corrected chi connectivity index (χ4v) is 3.43. The molecule has 1 aromatic carbocycles. The fourth-order valence-electron chi connectivity index (χ4n) is 3.43. The molecule has 0 bridgehead atoms. The molecule has 4 heteroatoms. The molecule has 0 aromatic heterocycles. The summed E-state index contributed by atoms with van der Waals surface area (Å²) in [4.78, 5) is 11.1. The number of esters is 1. The molecule has 0 radical (unpaired) electrons. The van der Waals surface area contributed by atoms with Crippen LogP contribution in [0.1, 0.15) is 55.8 Å². The van der Waals surface area contributed by atoms with Crippen LogP contribution in [-0.4, -0.2) is 24.7 Å². The number of benzene rings is 1. The third-order valence-electron chi connectivity index (χ3n) is 5.07. The number of hydrogen-bond donors (Lipinski definition) is 2. The maximum Gasteiger partial charge on any atom is 0.305 e. The standard InChI is InChI=1S/C19H29NO3/c1-23-18(21)4-2-3-14-5-9-16(10-6-14)19(22)17-11-7-15(13-20)8-12-17/h5-6,9-10,15,17,19,22H,2-4,7-8,11-13,20H2,1H3. The second-order valence-corrected chi connectivity index (χ2v) is 6.63. The van der Waals surface area contributed by atoms with Gasteiger partial charge in [-0.1, -0.05) is 24.3 Å². The van der Waals surface area contributed by atoms with Gasteiger partial charge in [0.2, 0.25) is 0 Å². The van der Waals surface area contributed by atoms with E-state index in [1.54, 1.807) is 0 Å². The van der Waals surface area contributed by atoms with E-state index in [0.29, 0.717) is 18.3 Å². The Kier molecular flexibility index (Phi) is 7.06. The van der Waals surface area contributed by atoms with Crippen LogP contribution < -0.4 is 5.73 Å². The van der Waals surface area contributed by atoms with E-state index < -0.39 is 0 Å². The summed E-state index contributed by atoms with van der Waals surface area (Å²) < 4.78 is 4.64. The van der Waals surface area contributed by atoms with Crippen LogP contribution in [0.3, 0.4) is 0 Å². The Balaban J connectivity index is 1.83. The zero-order valence-corrected chi connectivity index (χ0v) is 14.0. The van der Waals surface area contributed by atoms with Gasteiger partial charge >= 0.3 is 5.97 Å². The molecule has 0 heterocycles. The number of hydrogen-bond acceptors (Lipinski definition) is 4. The van der Waals surface area contributed by atoms with Crippen molar-refractivity contribution in [2.24, 2.45) is 17.6 Å². The predicted molar refractivity (Wildman–Crippen MR) is 90.9 cm³/mol. The minimum Gasteiger partial charge on any atom is -0.469 e. The molecule has 0 saturated heterocycles. The molecule has 128 valence electrons. The maximum atomic E-state index is 11.1. The number of aliphatic hydroxyl groups excluding tert-OH is 1. The van der Waals surface area contributed by atoms with E-state index in [1.807, 2.05) is 12.1 Å². The third-order valence-corrected chi connectivity index (χ3v) is 5.07. The minimum atomic E-state index is -0.377. The Morgan fingerprint density at radius 3 is 2.48 bits per heavy atom. The lowest BCUT2D eigenvalue weighted by Crippen LogP contribution is -2.24. The summed E-state index contributed by atoms with van der Waals surface area (Å²) in [6.45, 7) is 0.767. The zero-order chi connectivity index (χ0) is 16.7. The highest BCUT2D eigenvalue weighted by molar-refractivity contribution is 5.69. The molecule has 1 unspecified atom stereocenters. The monoisotopic (exact) mass is 319 g/mol. The number of carbonyl (C=O) groups is 1. The molecule has 3 N–H and O–H groups in total. The average molecular weight is 319 g/mol. The van der Waals surface area contributed by atoms with Gasteiger partial charge in [0.1, 0.15) is 0 Å². The average Bonchev–Trinajstić information content (AvgIpc) is 2.61. The van der Waals surface area contributed by atoms with Crippen molar-refractivity contribution in [2.75, 3.05) is 13.7 Å². The van der Waals surface area contributed by atoms with Gasteiger partial charge in [0.15, 0.2) is 0 Å². The van der Waals surface area contributed by atoms with Crippen LogP contribution in [0.4, 0.5) is 0 Å². The molecule has 23 heavy (non-hydrogen) atoms. The van der Waals surface area contributed by atoms with Crippen molar-refractivity contribution < 1.29 is 14.6 Å². The largest absolute Gasteiger partial charge is 0.469 e. The van der Waals surface area contributed by atoms with E-state index in [2.05, 4.69) is 16.9 Å². The van der Waals surface area contributed by atoms with E-state index in [1.165, 1.54) is 12.7 Å². The van der Waals surface area contributed by atoms with Crippen molar-refractivity contribution in [1.29, 1.82) is 0 Å². The molecular formula is C19H29NO3. The quantitative estimate of drug-likeness (QED) is 0.758. The number of methoxy groups -OCH3 is 1. The summed E-state index contributed by atoms with van der Waals surface area (Å²) in [5, 5.41) is 10.6. The number of carbonyl (C=O) groups excluding carboxylic acids is 1. The van der Waals surface area contributed by atoms with Crippen LogP contribution in [0.25, 0.3) is 0 Å². The Bertz CT molecular complexity index is 478. The van der Waals surface area contributed by atoms with E-state index in [4.69, 9.17) is 5.73 Å². The van der Waals surface area contributed by atoms with Gasteiger partial charge in [0.05, 0.1) is 13.2 Å². The number of aliphatic hydroxyl groups is 1. The molecule has 0 spiro atoms. The van der Waals surface area contributed by atoms with Gasteiger partial charge in [-0.05, 0) is 68.0 Å². The first-order chi connectivity index (χ1) is 11.1. The van der Waals surface area contributed by atoms with Gasteiger partial charge in [0, 0.05) is 6.42 Å². The second kappa shape index (κ2) is 9.04. The highest BCUT2D eigenvalue weighted by Gasteiger charge is 2.26. The smallest absolute Gasteiger partial charge is 0.305 e. The van der Waals surface area contributed by atoms with Gasteiger partial charge in [-0.2, -0.15) is 0 Å². The third kappa shape index (κ3) is 5.33. The summed E-state index contributed by atoms with van der Waals surface area (Å²) in [5.41, 5.74) is 7.92. The molecule has 1 atom stereocenters. The Morgan fingerprint density at radius 2 is 1.91 bits per heavy atom. The molecule has 1 aliphatic rings. The van der Waals surface area contributed by atoms with Crippen LogP contribution >= 0.6 is 0 Å². The molecule has 0 amide bonds. The SMILES string of the molecule is COC(=O)CCCc1ccc(C(O)C2CCC(CN)CC2)cc1. The van der Waals surface area contributed by atoms with E-state index in [0.717, 1.165) is 50.6 Å². The molecule has 2 rings (SSSR count). The van der Waals surface area contributed by atoms with Crippen molar-refractivity contribution in [2.45, 2.75) is 51.0 Å². The van der Waals surface area contributed by atoms with Gasteiger partial charge in [-0.25, -0.2) is 0 Å². The summed E-state index contributed by atoms with van der Waals surface area (Å²) in [6.07, 6.45) is 6.09. The first-order valence-electron chi connectivity index (χ1n) is 8.67. The molecule has 1 aliphatic carbocycles. The molecule has 1 saturated carbocycles. The minimum absolute atomic E-state index is 0.162. The van der Waals surface area contributed by atoms with Gasteiger partial charge in [0.25, 0.3) is 0 Å². The maximum absolute atomic E-state index is 11.1. The first kappa shape index (κ1) is 18.0. The molecule has 1 fully saturated rings. The highest BCUT2D eigenvalue weighted by atomic mass is 16.5. The lowest BCUT2D eigenvalue weighted by atomic mass is 9.78. The number of aryl methyl sites for hydroxylation is 1. The van der Waals surface area contributed by atoms with Gasteiger partial charge in [-0.15, -0.1) is 0 Å². The highest BCUT2D eigenvalue weighted by Crippen LogP contribution is 2.36. The van der Waals surface area contributed by atoms with Crippen molar-refractivity contribution in [3.8, 4) is 0 Å². The van der Waals surface area contributed by atoms with Crippen molar-refractivity contribution in [3.05, 3.63) is 35.4 Å². The predicted octanol–water partition coefficient (Wildman–Crippen LogP) is 2.98. The van der Waals surface area contributed by atoms with Crippen molar-refractivity contribution in [1.82, 2.24) is 0 Å². The summed E-state index contributed by atoms with van der Waals surface area (Å²) >= 11 is 0. The van der Waals surface area contributed by atoms with E-state index >= 15 is 0 Å². The second-order valence-electron chi connectivity index (χ2n) is 6.63. The van der Waals surface area contributed by atoms with Crippen LogP contribution in [0.5, 0.6) is 0 Å². The van der Waals surface area contributed by atoms with Gasteiger partial charge < -0.3 is 15.6 Å². The van der Waals surface area contributed by atoms with Crippen LogP contribution in [0, 0.1) is 11.8 Å². The first-order valence-corrected chi connectivity index (χ1v) is 8.67. The van der Waals surface area contributed by atoms with E-state index in [-0.39, 0.29) is 12.1 Å². The topological polar surface area (TPSA) is 72.5 Å². The van der Waals surface area contributed by atoms with Gasteiger partial charge in [-0.3, -0.25) is 4.79 Å². The summed E-state index contributed by atoms with van der Waals surface area (Å²) in [5.74, 6) is 0.823. The summed E-state index contributed by atoms with van der Waals surface area (Å²) in [6, 6.07) is 8.16. The van der Waals surface area contributed by atoms with Crippen LogP contribution in [0.2, 0.25) is 0 Å². The zero-order valence-electron chi connectivity index (χ0n) is 14.0. The molecule has 1 aromatic rings. The lowest BCUT2D eigenvalue weighted by Gasteiger charge is -2.31.